The van der Waals surface area contributed by atoms with Crippen molar-refractivity contribution in [1.82, 2.24) is 0 Å². The molecule has 0 saturated carbocycles. The van der Waals surface area contributed by atoms with Crippen molar-refractivity contribution in [2.75, 3.05) is 7.11 Å². The lowest BCUT2D eigenvalue weighted by Crippen LogP contribution is -1.93. The highest BCUT2D eigenvalue weighted by Crippen LogP contribution is 2.25. The molecule has 0 atom stereocenters. The second kappa shape index (κ2) is 4.48. The summed E-state index contributed by atoms with van der Waals surface area (Å²) in [4.78, 5) is 0. The van der Waals surface area contributed by atoms with Crippen LogP contribution in [0, 0.1) is 11.3 Å². The Morgan fingerprint density at radius 2 is 2.15 bits per heavy atom. The number of ether oxygens (including phenoxy) is 1. The number of hydrogen-bond acceptors (Lipinski definition) is 2. The van der Waals surface area contributed by atoms with Crippen molar-refractivity contribution < 1.29 is 4.74 Å². The van der Waals surface area contributed by atoms with E-state index >= 15 is 0 Å². The fourth-order valence-electron chi connectivity index (χ4n) is 1.02. The van der Waals surface area contributed by atoms with Crippen LogP contribution in [-0.4, -0.2) is 7.11 Å². The number of nitriles is 1. The molecule has 4 heteroatoms. The Labute approximate surface area is 86.6 Å². The molecule has 0 aliphatic rings. The van der Waals surface area contributed by atoms with E-state index in [0.29, 0.717) is 27.8 Å². The molecule has 0 saturated heterocycles. The van der Waals surface area contributed by atoms with Gasteiger partial charge in [-0.3, -0.25) is 0 Å². The Kier molecular flexibility index (Phi) is 3.56. The summed E-state index contributed by atoms with van der Waals surface area (Å²) in [5, 5.41) is 9.66. The SMILES string of the molecule is COCc1cc(Cl)cc(Cl)c1C#N. The lowest BCUT2D eigenvalue weighted by Gasteiger charge is -2.04. The number of halogens is 2. The second-order valence-corrected chi connectivity index (χ2v) is 3.31. The Hall–Kier alpha value is -0.750. The van der Waals surface area contributed by atoms with Gasteiger partial charge in [-0.05, 0) is 17.7 Å². The topological polar surface area (TPSA) is 33.0 Å². The summed E-state index contributed by atoms with van der Waals surface area (Å²) >= 11 is 11.6. The molecule has 0 radical (unpaired) electrons. The third-order valence-corrected chi connectivity index (χ3v) is 2.06. The van der Waals surface area contributed by atoms with Gasteiger partial charge < -0.3 is 4.74 Å². The lowest BCUT2D eigenvalue weighted by molar-refractivity contribution is 0.184. The number of hydrogen-bond donors (Lipinski definition) is 0. The van der Waals surface area contributed by atoms with Crippen LogP contribution < -0.4 is 0 Å². The van der Waals surface area contributed by atoms with Gasteiger partial charge in [0.05, 0.1) is 17.2 Å². The summed E-state index contributed by atoms with van der Waals surface area (Å²) in [6.45, 7) is 0.336. The number of benzene rings is 1. The third-order valence-electron chi connectivity index (χ3n) is 1.55. The van der Waals surface area contributed by atoms with Gasteiger partial charge in [-0.15, -0.1) is 0 Å². The molecule has 0 aliphatic carbocycles. The molecule has 1 aromatic rings. The minimum absolute atomic E-state index is 0.336. The largest absolute Gasteiger partial charge is 0.380 e. The summed E-state index contributed by atoms with van der Waals surface area (Å²) in [7, 11) is 1.55. The molecule has 0 amide bonds. The van der Waals surface area contributed by atoms with Crippen LogP contribution >= 0.6 is 23.2 Å². The molecule has 0 heterocycles. The maximum absolute atomic E-state index is 8.78. The highest BCUT2D eigenvalue weighted by molar-refractivity contribution is 6.35. The van der Waals surface area contributed by atoms with Gasteiger partial charge >= 0.3 is 0 Å². The van der Waals surface area contributed by atoms with Gasteiger partial charge in [-0.1, -0.05) is 23.2 Å². The average Bonchev–Trinajstić information content (AvgIpc) is 2.04. The van der Waals surface area contributed by atoms with Crippen molar-refractivity contribution in [3.8, 4) is 6.07 Å². The van der Waals surface area contributed by atoms with Gasteiger partial charge in [0.1, 0.15) is 6.07 Å². The van der Waals surface area contributed by atoms with Crippen molar-refractivity contribution in [2.45, 2.75) is 6.61 Å². The Morgan fingerprint density at radius 1 is 1.46 bits per heavy atom. The van der Waals surface area contributed by atoms with Crippen LogP contribution in [-0.2, 0) is 11.3 Å². The first-order valence-electron chi connectivity index (χ1n) is 3.56. The average molecular weight is 216 g/mol. The van der Waals surface area contributed by atoms with Crippen LogP contribution in [0.4, 0.5) is 0 Å². The van der Waals surface area contributed by atoms with Gasteiger partial charge in [-0.25, -0.2) is 0 Å². The number of nitrogens with zero attached hydrogens (tertiary/aromatic N) is 1. The smallest absolute Gasteiger partial charge is 0.101 e. The van der Waals surface area contributed by atoms with Gasteiger partial charge in [0.2, 0.25) is 0 Å². The molecule has 1 rings (SSSR count). The third kappa shape index (κ3) is 2.35. The van der Waals surface area contributed by atoms with Crippen molar-refractivity contribution in [3.63, 3.8) is 0 Å². The molecule has 0 aromatic heterocycles. The minimum atomic E-state index is 0.336. The molecule has 0 unspecified atom stereocenters. The van der Waals surface area contributed by atoms with Crippen LogP contribution in [0.25, 0.3) is 0 Å². The van der Waals surface area contributed by atoms with Crippen LogP contribution in [0.2, 0.25) is 10.0 Å². The van der Waals surface area contributed by atoms with E-state index in [0.717, 1.165) is 0 Å². The quantitative estimate of drug-likeness (QED) is 0.761. The minimum Gasteiger partial charge on any atom is -0.380 e. The van der Waals surface area contributed by atoms with Crippen molar-refractivity contribution >= 4 is 23.2 Å². The molecule has 68 valence electrons. The molecular weight excluding hydrogens is 209 g/mol. The molecule has 0 fully saturated rings. The molecule has 1 aromatic carbocycles. The molecule has 0 spiro atoms. The monoisotopic (exact) mass is 215 g/mol. The van der Waals surface area contributed by atoms with E-state index in [1.54, 1.807) is 19.2 Å². The van der Waals surface area contributed by atoms with Crippen LogP contribution in [0.3, 0.4) is 0 Å². The van der Waals surface area contributed by atoms with E-state index in [1.807, 2.05) is 6.07 Å². The highest BCUT2D eigenvalue weighted by atomic mass is 35.5. The predicted octanol–water partition coefficient (Wildman–Crippen LogP) is 3.01. The molecule has 0 N–H and O–H groups in total. The number of methoxy groups -OCH3 is 1. The first kappa shape index (κ1) is 10.3. The van der Waals surface area contributed by atoms with Gasteiger partial charge in [0, 0.05) is 12.1 Å². The molecular formula is C9H7Cl2NO. The summed E-state index contributed by atoms with van der Waals surface area (Å²) in [6.07, 6.45) is 0. The Balaban J connectivity index is 3.23. The number of rotatable bonds is 2. The summed E-state index contributed by atoms with van der Waals surface area (Å²) in [5.41, 5.74) is 1.13. The molecule has 0 bridgehead atoms. The Morgan fingerprint density at radius 3 is 2.69 bits per heavy atom. The van der Waals surface area contributed by atoms with Crippen LogP contribution in [0.5, 0.6) is 0 Å². The normalized spacial score (nSPS) is 9.69. The van der Waals surface area contributed by atoms with Crippen molar-refractivity contribution in [1.29, 1.82) is 5.26 Å². The molecule has 13 heavy (non-hydrogen) atoms. The first-order chi connectivity index (χ1) is 6.19. The maximum atomic E-state index is 8.78. The van der Waals surface area contributed by atoms with E-state index in [2.05, 4.69) is 0 Å². The highest BCUT2D eigenvalue weighted by Gasteiger charge is 2.07. The molecule has 0 aliphatic heterocycles. The van der Waals surface area contributed by atoms with E-state index in [4.69, 9.17) is 33.2 Å². The van der Waals surface area contributed by atoms with E-state index in [1.165, 1.54) is 0 Å². The summed E-state index contributed by atoms with van der Waals surface area (Å²) in [5.74, 6) is 0. The van der Waals surface area contributed by atoms with Crippen molar-refractivity contribution in [2.24, 2.45) is 0 Å². The van der Waals surface area contributed by atoms with E-state index in [9.17, 15) is 0 Å². The van der Waals surface area contributed by atoms with E-state index in [-0.39, 0.29) is 0 Å². The molecule has 2 nitrogen and oxygen atoms in total. The van der Waals surface area contributed by atoms with Crippen LogP contribution in [0.1, 0.15) is 11.1 Å². The zero-order valence-corrected chi connectivity index (χ0v) is 8.49. The lowest BCUT2D eigenvalue weighted by atomic mass is 10.1. The fourth-order valence-corrected chi connectivity index (χ4v) is 1.60. The predicted molar refractivity (Wildman–Crippen MR) is 51.9 cm³/mol. The van der Waals surface area contributed by atoms with Crippen LogP contribution in [0.15, 0.2) is 12.1 Å². The second-order valence-electron chi connectivity index (χ2n) is 2.47. The van der Waals surface area contributed by atoms with Gasteiger partial charge in [0.15, 0.2) is 0 Å². The van der Waals surface area contributed by atoms with Gasteiger partial charge in [0.25, 0.3) is 0 Å². The zero-order chi connectivity index (χ0) is 9.84. The zero-order valence-electron chi connectivity index (χ0n) is 6.97. The Bertz CT molecular complexity index is 357. The summed E-state index contributed by atoms with van der Waals surface area (Å²) in [6, 6.07) is 5.22. The first-order valence-corrected chi connectivity index (χ1v) is 4.31. The fraction of sp³-hybridized carbons (Fsp3) is 0.222. The van der Waals surface area contributed by atoms with E-state index < -0.39 is 0 Å². The summed E-state index contributed by atoms with van der Waals surface area (Å²) < 4.78 is 4.91. The maximum Gasteiger partial charge on any atom is 0.101 e. The standard InChI is InChI=1S/C9H7Cl2NO/c1-13-5-6-2-7(10)3-9(11)8(6)4-12/h2-3H,5H2,1H3. The van der Waals surface area contributed by atoms with Crippen molar-refractivity contribution in [3.05, 3.63) is 33.3 Å². The van der Waals surface area contributed by atoms with Gasteiger partial charge in [-0.2, -0.15) is 5.26 Å².